The van der Waals surface area contributed by atoms with E-state index in [-0.39, 0.29) is 29.4 Å². The lowest BCUT2D eigenvalue weighted by Crippen LogP contribution is -2.27. The van der Waals surface area contributed by atoms with Crippen molar-refractivity contribution in [2.24, 2.45) is 0 Å². The standard InChI is InChI=1S/C15H13F2N7O/c1-8-14(24-20-5-6-21-24)23-13(18)12(22-8)15(25)19-7-9-10(16)3-2-4-11(9)17/h2-6H,7H2,1H3,(H2,18,23)(H,19,25). The van der Waals surface area contributed by atoms with E-state index in [0.717, 1.165) is 12.1 Å². The largest absolute Gasteiger partial charge is 0.382 e. The predicted octanol–water partition coefficient (Wildman–Crippen LogP) is 1.16. The second-order valence-electron chi connectivity index (χ2n) is 5.07. The Balaban J connectivity index is 1.82. The molecule has 25 heavy (non-hydrogen) atoms. The molecule has 1 amide bonds. The first-order chi connectivity index (χ1) is 12.0. The number of benzene rings is 1. The Morgan fingerprint density at radius 2 is 1.84 bits per heavy atom. The lowest BCUT2D eigenvalue weighted by atomic mass is 10.2. The second kappa shape index (κ2) is 6.59. The molecular formula is C15H13F2N7O. The fourth-order valence-corrected chi connectivity index (χ4v) is 2.16. The molecular weight excluding hydrogens is 332 g/mol. The molecule has 8 nitrogen and oxygen atoms in total. The second-order valence-corrected chi connectivity index (χ2v) is 5.07. The summed E-state index contributed by atoms with van der Waals surface area (Å²) in [5, 5.41) is 10.2. The zero-order valence-electron chi connectivity index (χ0n) is 13.1. The molecule has 1 aromatic carbocycles. The summed E-state index contributed by atoms with van der Waals surface area (Å²) in [4.78, 5) is 21.6. The third-order valence-corrected chi connectivity index (χ3v) is 3.38. The van der Waals surface area contributed by atoms with Crippen LogP contribution in [-0.4, -0.2) is 30.9 Å². The van der Waals surface area contributed by atoms with Gasteiger partial charge in [-0.1, -0.05) is 6.07 Å². The first-order valence-corrected chi connectivity index (χ1v) is 7.19. The fourth-order valence-electron chi connectivity index (χ4n) is 2.16. The van der Waals surface area contributed by atoms with Crippen molar-refractivity contribution in [1.82, 2.24) is 30.3 Å². The van der Waals surface area contributed by atoms with Crippen LogP contribution < -0.4 is 11.1 Å². The lowest BCUT2D eigenvalue weighted by molar-refractivity contribution is 0.0945. The molecule has 0 atom stereocenters. The van der Waals surface area contributed by atoms with Gasteiger partial charge in [-0.05, 0) is 19.1 Å². The normalized spacial score (nSPS) is 10.7. The number of carbonyl (C=O) groups excluding carboxylic acids is 1. The minimum Gasteiger partial charge on any atom is -0.382 e. The minimum absolute atomic E-state index is 0.148. The minimum atomic E-state index is -0.754. The van der Waals surface area contributed by atoms with Gasteiger partial charge in [0.25, 0.3) is 5.91 Å². The van der Waals surface area contributed by atoms with E-state index < -0.39 is 17.5 Å². The molecule has 0 aliphatic carbocycles. The van der Waals surface area contributed by atoms with Crippen molar-refractivity contribution < 1.29 is 13.6 Å². The quantitative estimate of drug-likeness (QED) is 0.734. The van der Waals surface area contributed by atoms with Crippen LogP contribution in [0.5, 0.6) is 0 Å². The number of hydrogen-bond donors (Lipinski definition) is 2. The average Bonchev–Trinajstić information content (AvgIpc) is 3.10. The highest BCUT2D eigenvalue weighted by Crippen LogP contribution is 2.15. The van der Waals surface area contributed by atoms with E-state index in [1.54, 1.807) is 6.92 Å². The third kappa shape index (κ3) is 3.27. The van der Waals surface area contributed by atoms with Crippen LogP contribution >= 0.6 is 0 Å². The van der Waals surface area contributed by atoms with Gasteiger partial charge in [-0.3, -0.25) is 4.79 Å². The SMILES string of the molecule is Cc1nc(C(=O)NCc2c(F)cccc2F)c(N)nc1-n1nccn1. The molecule has 0 spiro atoms. The van der Waals surface area contributed by atoms with Gasteiger partial charge < -0.3 is 11.1 Å². The average molecular weight is 345 g/mol. The molecule has 0 saturated carbocycles. The molecule has 0 fully saturated rings. The number of hydrogen-bond acceptors (Lipinski definition) is 6. The highest BCUT2D eigenvalue weighted by molar-refractivity contribution is 5.96. The number of amides is 1. The molecule has 0 saturated heterocycles. The van der Waals surface area contributed by atoms with Crippen molar-refractivity contribution in [3.05, 3.63) is 59.2 Å². The van der Waals surface area contributed by atoms with Gasteiger partial charge in [0.2, 0.25) is 0 Å². The summed E-state index contributed by atoms with van der Waals surface area (Å²) >= 11 is 0. The van der Waals surface area contributed by atoms with Crippen LogP contribution in [0.1, 0.15) is 21.7 Å². The zero-order chi connectivity index (χ0) is 18.0. The van der Waals surface area contributed by atoms with Crippen molar-refractivity contribution in [2.45, 2.75) is 13.5 Å². The number of carbonyl (C=O) groups is 1. The Kier molecular flexibility index (Phi) is 4.33. The van der Waals surface area contributed by atoms with Gasteiger partial charge in [0, 0.05) is 12.1 Å². The maximum atomic E-state index is 13.6. The molecule has 2 heterocycles. The lowest BCUT2D eigenvalue weighted by Gasteiger charge is -2.10. The first kappa shape index (κ1) is 16.4. The Bertz CT molecular complexity index is 908. The summed E-state index contributed by atoms with van der Waals surface area (Å²) in [6, 6.07) is 3.45. The van der Waals surface area contributed by atoms with Crippen molar-refractivity contribution in [1.29, 1.82) is 0 Å². The Hall–Kier alpha value is -3.43. The molecule has 0 unspecified atom stereocenters. The highest BCUT2D eigenvalue weighted by atomic mass is 19.1. The third-order valence-electron chi connectivity index (χ3n) is 3.38. The highest BCUT2D eigenvalue weighted by Gasteiger charge is 2.18. The number of aryl methyl sites for hydroxylation is 1. The number of aromatic nitrogens is 5. The van der Waals surface area contributed by atoms with E-state index in [1.165, 1.54) is 23.3 Å². The summed E-state index contributed by atoms with van der Waals surface area (Å²) in [6.07, 6.45) is 2.92. The number of anilines is 1. The monoisotopic (exact) mass is 345 g/mol. The summed E-state index contributed by atoms with van der Waals surface area (Å²) in [5.41, 5.74) is 5.74. The molecule has 3 rings (SSSR count). The van der Waals surface area contributed by atoms with Gasteiger partial charge in [-0.25, -0.2) is 18.7 Å². The topological polar surface area (TPSA) is 112 Å². The van der Waals surface area contributed by atoms with E-state index in [9.17, 15) is 13.6 Å². The number of nitrogens with zero attached hydrogens (tertiary/aromatic N) is 5. The maximum absolute atomic E-state index is 13.6. The van der Waals surface area contributed by atoms with Crippen LogP contribution in [0.4, 0.5) is 14.6 Å². The van der Waals surface area contributed by atoms with Crippen LogP contribution in [0.2, 0.25) is 0 Å². The summed E-state index contributed by atoms with van der Waals surface area (Å²) in [7, 11) is 0. The van der Waals surface area contributed by atoms with Gasteiger partial charge >= 0.3 is 0 Å². The van der Waals surface area contributed by atoms with Gasteiger partial charge in [0.15, 0.2) is 17.3 Å². The molecule has 0 aliphatic rings. The number of nitrogens with one attached hydrogen (secondary N) is 1. The van der Waals surface area contributed by atoms with Crippen molar-refractivity contribution in [3.8, 4) is 5.82 Å². The van der Waals surface area contributed by atoms with Crippen LogP contribution in [-0.2, 0) is 6.54 Å². The molecule has 0 radical (unpaired) electrons. The van der Waals surface area contributed by atoms with Crippen LogP contribution in [0.15, 0.2) is 30.6 Å². The van der Waals surface area contributed by atoms with Crippen LogP contribution in [0.3, 0.4) is 0 Å². The van der Waals surface area contributed by atoms with E-state index in [1.807, 2.05) is 0 Å². The van der Waals surface area contributed by atoms with E-state index in [2.05, 4.69) is 25.5 Å². The summed E-state index contributed by atoms with van der Waals surface area (Å²) < 4.78 is 27.2. The van der Waals surface area contributed by atoms with Gasteiger partial charge in [0.05, 0.1) is 18.1 Å². The van der Waals surface area contributed by atoms with Crippen LogP contribution in [0, 0.1) is 18.6 Å². The van der Waals surface area contributed by atoms with Gasteiger partial charge in [-0.2, -0.15) is 10.2 Å². The molecule has 2 aromatic heterocycles. The maximum Gasteiger partial charge on any atom is 0.274 e. The fraction of sp³-hybridized carbons (Fsp3) is 0.133. The number of nitrogen functional groups attached to an aromatic ring is 1. The van der Waals surface area contributed by atoms with E-state index in [0.29, 0.717) is 5.69 Å². The van der Waals surface area contributed by atoms with Crippen LogP contribution in [0.25, 0.3) is 5.82 Å². The molecule has 128 valence electrons. The first-order valence-electron chi connectivity index (χ1n) is 7.19. The Morgan fingerprint density at radius 1 is 1.20 bits per heavy atom. The van der Waals surface area contributed by atoms with Gasteiger partial charge in [-0.15, -0.1) is 4.80 Å². The number of halogens is 2. The smallest absolute Gasteiger partial charge is 0.274 e. The molecule has 10 heteroatoms. The number of nitrogens with two attached hydrogens (primary N) is 1. The van der Waals surface area contributed by atoms with Crippen molar-refractivity contribution in [3.63, 3.8) is 0 Å². The Labute approximate surface area is 140 Å². The molecule has 3 aromatic rings. The van der Waals surface area contributed by atoms with Gasteiger partial charge in [0.1, 0.15) is 11.6 Å². The molecule has 0 aliphatic heterocycles. The predicted molar refractivity (Wildman–Crippen MR) is 83.6 cm³/mol. The van der Waals surface area contributed by atoms with E-state index >= 15 is 0 Å². The molecule has 0 bridgehead atoms. The van der Waals surface area contributed by atoms with Crippen molar-refractivity contribution >= 4 is 11.7 Å². The van der Waals surface area contributed by atoms with Crippen molar-refractivity contribution in [2.75, 3.05) is 5.73 Å². The number of rotatable bonds is 4. The Morgan fingerprint density at radius 3 is 2.48 bits per heavy atom. The summed E-state index contributed by atoms with van der Waals surface area (Å²) in [5.74, 6) is -2.08. The summed E-state index contributed by atoms with van der Waals surface area (Å²) in [6.45, 7) is 1.26. The molecule has 3 N–H and O–H groups in total. The zero-order valence-corrected chi connectivity index (χ0v) is 13.1. The van der Waals surface area contributed by atoms with E-state index in [4.69, 9.17) is 5.73 Å².